The van der Waals surface area contributed by atoms with E-state index in [1.165, 1.54) is 38.2 Å². The van der Waals surface area contributed by atoms with Crippen molar-refractivity contribution in [2.24, 2.45) is 0 Å². The molecule has 0 aliphatic carbocycles. The van der Waals surface area contributed by atoms with Crippen LogP contribution < -0.4 is 4.74 Å². The lowest BCUT2D eigenvalue weighted by Crippen LogP contribution is -1.99. The third-order valence-corrected chi connectivity index (χ3v) is 4.84. The van der Waals surface area contributed by atoms with Crippen molar-refractivity contribution in [3.8, 4) is 5.75 Å². The molecule has 0 heterocycles. The van der Waals surface area contributed by atoms with Crippen molar-refractivity contribution in [3.63, 3.8) is 0 Å². The van der Waals surface area contributed by atoms with Gasteiger partial charge in [0.05, 0.1) is 6.61 Å². The van der Waals surface area contributed by atoms with Gasteiger partial charge < -0.3 is 4.74 Å². The summed E-state index contributed by atoms with van der Waals surface area (Å²) in [6.45, 7) is 2.94. The molecule has 0 saturated carbocycles. The van der Waals surface area contributed by atoms with Gasteiger partial charge in [-0.05, 0) is 60.5 Å². The van der Waals surface area contributed by atoms with Crippen molar-refractivity contribution in [1.82, 2.24) is 0 Å². The summed E-state index contributed by atoms with van der Waals surface area (Å²) in [5, 5.41) is 1.09. The SMILES string of the molecule is CCCCCCCCOc1ccc(C(=O)C=Cc2ccc(Cl)cc2Cl)cc1. The number of ether oxygens (including phenoxy) is 1. The summed E-state index contributed by atoms with van der Waals surface area (Å²) in [4.78, 5) is 12.3. The number of unbranched alkanes of at least 4 members (excludes halogenated alkanes) is 5. The molecule has 0 N–H and O–H groups in total. The van der Waals surface area contributed by atoms with Gasteiger partial charge in [-0.15, -0.1) is 0 Å². The number of hydrogen-bond acceptors (Lipinski definition) is 2. The Morgan fingerprint density at radius 1 is 0.963 bits per heavy atom. The molecule has 144 valence electrons. The second-order valence-electron chi connectivity index (χ2n) is 6.50. The lowest BCUT2D eigenvalue weighted by molar-refractivity contribution is 0.104. The zero-order valence-electron chi connectivity index (χ0n) is 15.7. The minimum Gasteiger partial charge on any atom is -0.494 e. The Morgan fingerprint density at radius 2 is 1.67 bits per heavy atom. The average Bonchev–Trinajstić information content (AvgIpc) is 2.67. The Bertz CT molecular complexity index is 751. The lowest BCUT2D eigenvalue weighted by atomic mass is 10.1. The van der Waals surface area contributed by atoms with E-state index in [-0.39, 0.29) is 5.78 Å². The predicted molar refractivity (Wildman–Crippen MR) is 115 cm³/mol. The van der Waals surface area contributed by atoms with Crippen LogP contribution in [0, 0.1) is 0 Å². The predicted octanol–water partition coefficient (Wildman–Crippen LogP) is 7.63. The normalized spacial score (nSPS) is 11.1. The molecule has 0 radical (unpaired) electrons. The third kappa shape index (κ3) is 7.78. The van der Waals surface area contributed by atoms with Crippen LogP contribution in [0.3, 0.4) is 0 Å². The van der Waals surface area contributed by atoms with Crippen molar-refractivity contribution in [1.29, 1.82) is 0 Å². The largest absolute Gasteiger partial charge is 0.494 e. The summed E-state index contributed by atoms with van der Waals surface area (Å²) < 4.78 is 5.74. The molecule has 0 atom stereocenters. The third-order valence-electron chi connectivity index (χ3n) is 4.28. The van der Waals surface area contributed by atoms with Crippen LogP contribution in [0.4, 0.5) is 0 Å². The van der Waals surface area contributed by atoms with Crippen LogP contribution in [0.2, 0.25) is 10.0 Å². The molecule has 2 rings (SSSR count). The fourth-order valence-corrected chi connectivity index (χ4v) is 3.16. The van der Waals surface area contributed by atoms with Gasteiger partial charge in [-0.2, -0.15) is 0 Å². The number of benzene rings is 2. The van der Waals surface area contributed by atoms with Crippen LogP contribution in [0.1, 0.15) is 61.4 Å². The standard InChI is InChI=1S/C23H26Cl2O2/c1-2-3-4-5-6-7-16-27-21-13-9-19(10-14-21)23(26)15-11-18-8-12-20(24)17-22(18)25/h8-15,17H,2-7,16H2,1H3. The highest BCUT2D eigenvalue weighted by atomic mass is 35.5. The Labute approximate surface area is 172 Å². The summed E-state index contributed by atoms with van der Waals surface area (Å²) in [5.41, 5.74) is 1.37. The quantitative estimate of drug-likeness (QED) is 0.218. The Hall–Kier alpha value is -1.77. The molecule has 0 unspecified atom stereocenters. The molecule has 2 aromatic carbocycles. The number of carbonyl (C=O) groups excluding carboxylic acids is 1. The minimum atomic E-state index is -0.0801. The number of allylic oxidation sites excluding steroid dienone is 1. The van der Waals surface area contributed by atoms with E-state index in [4.69, 9.17) is 27.9 Å². The van der Waals surface area contributed by atoms with Gasteiger partial charge in [0.15, 0.2) is 5.78 Å². The van der Waals surface area contributed by atoms with E-state index in [0.717, 1.165) is 17.7 Å². The number of carbonyl (C=O) groups is 1. The molecule has 0 saturated heterocycles. The molecule has 27 heavy (non-hydrogen) atoms. The first kappa shape index (κ1) is 21.5. The number of halogens is 2. The van der Waals surface area contributed by atoms with Gasteiger partial charge in [-0.3, -0.25) is 4.79 Å². The maximum Gasteiger partial charge on any atom is 0.185 e. The Kier molecular flexibility index (Phi) is 9.44. The molecule has 0 aliphatic heterocycles. The Morgan fingerprint density at radius 3 is 2.37 bits per heavy atom. The second-order valence-corrected chi connectivity index (χ2v) is 7.35. The lowest BCUT2D eigenvalue weighted by Gasteiger charge is -2.06. The van der Waals surface area contributed by atoms with Crippen molar-refractivity contribution >= 4 is 35.1 Å². The molecule has 4 heteroatoms. The van der Waals surface area contributed by atoms with Crippen molar-refractivity contribution in [2.45, 2.75) is 45.4 Å². The average molecular weight is 405 g/mol. The van der Waals surface area contributed by atoms with Gasteiger partial charge in [0.1, 0.15) is 5.75 Å². The van der Waals surface area contributed by atoms with Crippen molar-refractivity contribution in [2.75, 3.05) is 6.61 Å². The second kappa shape index (κ2) is 11.8. The van der Waals surface area contributed by atoms with Gasteiger partial charge in [0, 0.05) is 15.6 Å². The molecule has 2 aromatic rings. The molecule has 0 fully saturated rings. The van der Waals surface area contributed by atoms with Gasteiger partial charge in [-0.25, -0.2) is 0 Å². The van der Waals surface area contributed by atoms with Gasteiger partial charge >= 0.3 is 0 Å². The summed E-state index contributed by atoms with van der Waals surface area (Å²) in [6, 6.07) is 12.4. The van der Waals surface area contributed by atoms with Crippen LogP contribution in [0.5, 0.6) is 5.75 Å². The highest BCUT2D eigenvalue weighted by Gasteiger charge is 2.04. The molecular formula is C23H26Cl2O2. The zero-order valence-corrected chi connectivity index (χ0v) is 17.2. The van der Waals surface area contributed by atoms with Crippen LogP contribution in [0.25, 0.3) is 6.08 Å². The molecule has 0 spiro atoms. The zero-order chi connectivity index (χ0) is 19.5. The van der Waals surface area contributed by atoms with Crippen LogP contribution in [-0.2, 0) is 0 Å². The summed E-state index contributed by atoms with van der Waals surface area (Å²) in [5.74, 6) is 0.716. The van der Waals surface area contributed by atoms with E-state index in [2.05, 4.69) is 6.92 Å². The molecule has 0 amide bonds. The summed E-state index contributed by atoms with van der Waals surface area (Å²) >= 11 is 12.0. The van der Waals surface area contributed by atoms with Gasteiger partial charge in [-0.1, -0.05) is 68.3 Å². The fourth-order valence-electron chi connectivity index (χ4n) is 2.69. The smallest absolute Gasteiger partial charge is 0.185 e. The van der Waals surface area contributed by atoms with Gasteiger partial charge in [0.2, 0.25) is 0 Å². The van der Waals surface area contributed by atoms with E-state index in [9.17, 15) is 4.79 Å². The van der Waals surface area contributed by atoms with E-state index in [1.807, 2.05) is 12.1 Å². The molecule has 0 aliphatic rings. The van der Waals surface area contributed by atoms with Crippen LogP contribution in [0.15, 0.2) is 48.5 Å². The van der Waals surface area contributed by atoms with E-state index in [1.54, 1.807) is 36.4 Å². The maximum atomic E-state index is 12.3. The first-order chi connectivity index (χ1) is 13.1. The molecular weight excluding hydrogens is 379 g/mol. The number of hydrogen-bond donors (Lipinski definition) is 0. The van der Waals surface area contributed by atoms with Crippen molar-refractivity contribution in [3.05, 3.63) is 69.7 Å². The minimum absolute atomic E-state index is 0.0801. The van der Waals surface area contributed by atoms with E-state index >= 15 is 0 Å². The highest BCUT2D eigenvalue weighted by Crippen LogP contribution is 2.22. The summed E-state index contributed by atoms with van der Waals surface area (Å²) in [7, 11) is 0. The number of rotatable bonds is 11. The van der Waals surface area contributed by atoms with Crippen LogP contribution in [-0.4, -0.2) is 12.4 Å². The maximum absolute atomic E-state index is 12.3. The highest BCUT2D eigenvalue weighted by molar-refractivity contribution is 6.35. The summed E-state index contributed by atoms with van der Waals surface area (Å²) in [6.07, 6.45) is 10.6. The fraction of sp³-hybridized carbons (Fsp3) is 0.348. The topological polar surface area (TPSA) is 26.3 Å². The van der Waals surface area contributed by atoms with Gasteiger partial charge in [0.25, 0.3) is 0 Å². The van der Waals surface area contributed by atoms with E-state index in [0.29, 0.717) is 22.2 Å². The first-order valence-corrected chi connectivity index (χ1v) is 10.3. The molecule has 0 aromatic heterocycles. The number of ketones is 1. The monoisotopic (exact) mass is 404 g/mol. The van der Waals surface area contributed by atoms with E-state index < -0.39 is 0 Å². The first-order valence-electron chi connectivity index (χ1n) is 9.50. The van der Waals surface area contributed by atoms with Crippen LogP contribution >= 0.6 is 23.2 Å². The van der Waals surface area contributed by atoms with Crippen molar-refractivity contribution < 1.29 is 9.53 Å². The molecule has 2 nitrogen and oxygen atoms in total. The Balaban J connectivity index is 1.80. The molecule has 0 bridgehead atoms.